The van der Waals surface area contributed by atoms with E-state index in [9.17, 15) is 4.79 Å². The van der Waals surface area contributed by atoms with Gasteiger partial charge in [-0.2, -0.15) is 0 Å². The summed E-state index contributed by atoms with van der Waals surface area (Å²) in [7, 11) is 1.94. The molecule has 1 saturated heterocycles. The molecule has 2 heterocycles. The van der Waals surface area contributed by atoms with Gasteiger partial charge in [0, 0.05) is 25.4 Å². The first-order chi connectivity index (χ1) is 12.2. The molecule has 0 atom stereocenters. The second-order valence-corrected chi connectivity index (χ2v) is 7.24. The number of benzene rings is 1. The zero-order chi connectivity index (χ0) is 17.2. The van der Waals surface area contributed by atoms with Crippen LogP contribution < -0.4 is 5.32 Å². The first-order valence-corrected chi connectivity index (χ1v) is 9.17. The molecule has 1 aliphatic carbocycles. The molecule has 1 N–H and O–H groups in total. The SMILES string of the molecule is Cn1c(NC(=O)C2CCN(Cc3ccccc3)CC2)nnc1C1CC1. The van der Waals surface area contributed by atoms with E-state index in [-0.39, 0.29) is 11.8 Å². The van der Waals surface area contributed by atoms with Gasteiger partial charge in [-0.3, -0.25) is 15.0 Å². The van der Waals surface area contributed by atoms with E-state index in [1.165, 1.54) is 18.4 Å². The molecule has 132 valence electrons. The molecule has 4 rings (SSSR count). The third-order valence-electron chi connectivity index (χ3n) is 5.29. The molecule has 0 unspecified atom stereocenters. The van der Waals surface area contributed by atoms with Gasteiger partial charge in [0.15, 0.2) is 0 Å². The molecule has 25 heavy (non-hydrogen) atoms. The van der Waals surface area contributed by atoms with E-state index >= 15 is 0 Å². The molecule has 1 aromatic heterocycles. The Balaban J connectivity index is 1.29. The summed E-state index contributed by atoms with van der Waals surface area (Å²) in [5, 5.41) is 11.4. The molecule has 1 aliphatic heterocycles. The van der Waals surface area contributed by atoms with Gasteiger partial charge in [-0.05, 0) is 44.3 Å². The number of nitrogens with one attached hydrogen (secondary N) is 1. The van der Waals surface area contributed by atoms with Crippen molar-refractivity contribution in [3.05, 3.63) is 41.7 Å². The van der Waals surface area contributed by atoms with E-state index < -0.39 is 0 Å². The Morgan fingerprint density at radius 1 is 1.12 bits per heavy atom. The quantitative estimate of drug-likeness (QED) is 0.909. The molecular weight excluding hydrogens is 314 g/mol. The Labute approximate surface area is 148 Å². The molecular formula is C19H25N5O. The molecule has 1 aromatic carbocycles. The fourth-order valence-corrected chi connectivity index (χ4v) is 3.55. The summed E-state index contributed by atoms with van der Waals surface area (Å²) in [5.74, 6) is 2.25. The van der Waals surface area contributed by atoms with Crippen molar-refractivity contribution < 1.29 is 4.79 Å². The van der Waals surface area contributed by atoms with Crippen molar-refractivity contribution >= 4 is 11.9 Å². The first kappa shape index (κ1) is 16.3. The van der Waals surface area contributed by atoms with Crippen molar-refractivity contribution in [1.29, 1.82) is 0 Å². The number of carbonyl (C=O) groups is 1. The Bertz CT molecular complexity index is 730. The van der Waals surface area contributed by atoms with Crippen molar-refractivity contribution in [2.45, 2.75) is 38.1 Å². The molecule has 6 nitrogen and oxygen atoms in total. The minimum absolute atomic E-state index is 0.0631. The van der Waals surface area contributed by atoms with E-state index in [0.717, 1.165) is 38.3 Å². The van der Waals surface area contributed by atoms with Gasteiger partial charge in [0.1, 0.15) is 5.82 Å². The molecule has 1 saturated carbocycles. The predicted octanol–water partition coefficient (Wildman–Crippen LogP) is 2.54. The second-order valence-electron chi connectivity index (χ2n) is 7.24. The van der Waals surface area contributed by atoms with Gasteiger partial charge in [-0.25, -0.2) is 0 Å². The van der Waals surface area contributed by atoms with Crippen LogP contribution in [0.25, 0.3) is 0 Å². The van der Waals surface area contributed by atoms with Crippen molar-refractivity contribution in [2.75, 3.05) is 18.4 Å². The number of rotatable bonds is 5. The van der Waals surface area contributed by atoms with Gasteiger partial charge in [0.2, 0.25) is 11.9 Å². The maximum absolute atomic E-state index is 12.6. The Morgan fingerprint density at radius 2 is 1.84 bits per heavy atom. The zero-order valence-corrected chi connectivity index (χ0v) is 14.7. The molecule has 1 amide bonds. The summed E-state index contributed by atoms with van der Waals surface area (Å²) in [5.41, 5.74) is 1.33. The summed E-state index contributed by atoms with van der Waals surface area (Å²) in [6.45, 7) is 2.88. The number of anilines is 1. The zero-order valence-electron chi connectivity index (χ0n) is 14.7. The van der Waals surface area contributed by atoms with Crippen molar-refractivity contribution in [3.63, 3.8) is 0 Å². The van der Waals surface area contributed by atoms with E-state index in [4.69, 9.17) is 0 Å². The molecule has 2 aliphatic rings. The van der Waals surface area contributed by atoms with Crippen LogP contribution in [-0.2, 0) is 18.4 Å². The van der Waals surface area contributed by atoms with Crippen LogP contribution >= 0.6 is 0 Å². The van der Waals surface area contributed by atoms with Crippen LogP contribution in [0.5, 0.6) is 0 Å². The predicted molar refractivity (Wildman–Crippen MR) is 96.1 cm³/mol. The minimum Gasteiger partial charge on any atom is -0.300 e. The van der Waals surface area contributed by atoms with Crippen LogP contribution in [0.2, 0.25) is 0 Å². The summed E-state index contributed by atoms with van der Waals surface area (Å²) >= 11 is 0. The Kier molecular flexibility index (Phi) is 4.53. The van der Waals surface area contributed by atoms with E-state index in [2.05, 4.69) is 44.7 Å². The number of hydrogen-bond acceptors (Lipinski definition) is 4. The van der Waals surface area contributed by atoms with Crippen LogP contribution in [0.15, 0.2) is 30.3 Å². The summed E-state index contributed by atoms with van der Waals surface area (Å²) in [6, 6.07) is 10.5. The standard InChI is InChI=1S/C19H25N5O/c1-23-17(15-7-8-15)21-22-19(23)20-18(25)16-9-11-24(12-10-16)13-14-5-3-2-4-6-14/h2-6,15-16H,7-13H2,1H3,(H,20,22,25). The average molecular weight is 339 g/mol. The lowest BCUT2D eigenvalue weighted by molar-refractivity contribution is -0.121. The van der Waals surface area contributed by atoms with Gasteiger partial charge in [-0.1, -0.05) is 30.3 Å². The number of nitrogens with zero attached hydrogens (tertiary/aromatic N) is 4. The highest BCUT2D eigenvalue weighted by atomic mass is 16.2. The normalized spacial score (nSPS) is 19.1. The average Bonchev–Trinajstić information content (AvgIpc) is 3.41. The molecule has 0 bridgehead atoms. The third kappa shape index (κ3) is 3.74. The van der Waals surface area contributed by atoms with Gasteiger partial charge in [0.05, 0.1) is 0 Å². The fourth-order valence-electron chi connectivity index (χ4n) is 3.55. The van der Waals surface area contributed by atoms with Gasteiger partial charge >= 0.3 is 0 Å². The van der Waals surface area contributed by atoms with Crippen LogP contribution in [0, 0.1) is 5.92 Å². The highest BCUT2D eigenvalue weighted by Crippen LogP contribution is 2.39. The number of amides is 1. The number of likely N-dealkylation sites (tertiary alicyclic amines) is 1. The smallest absolute Gasteiger partial charge is 0.231 e. The lowest BCUT2D eigenvalue weighted by Gasteiger charge is -2.31. The van der Waals surface area contributed by atoms with Gasteiger partial charge in [-0.15, -0.1) is 10.2 Å². The minimum atomic E-state index is 0.0631. The molecule has 6 heteroatoms. The van der Waals surface area contributed by atoms with Crippen LogP contribution in [0.4, 0.5) is 5.95 Å². The number of piperidine rings is 1. The fraction of sp³-hybridized carbons (Fsp3) is 0.526. The summed E-state index contributed by atoms with van der Waals surface area (Å²) in [4.78, 5) is 15.0. The van der Waals surface area contributed by atoms with Gasteiger partial charge in [0.25, 0.3) is 0 Å². The monoisotopic (exact) mass is 339 g/mol. The number of carbonyl (C=O) groups excluding carboxylic acids is 1. The van der Waals surface area contributed by atoms with E-state index in [1.807, 2.05) is 17.7 Å². The van der Waals surface area contributed by atoms with Crippen LogP contribution in [0.1, 0.15) is 43.0 Å². The topological polar surface area (TPSA) is 63.1 Å². The molecule has 0 spiro atoms. The largest absolute Gasteiger partial charge is 0.300 e. The summed E-state index contributed by atoms with van der Waals surface area (Å²) < 4.78 is 1.93. The molecule has 0 radical (unpaired) electrons. The van der Waals surface area contributed by atoms with E-state index in [1.54, 1.807) is 0 Å². The maximum atomic E-state index is 12.6. The Hall–Kier alpha value is -2.21. The van der Waals surface area contributed by atoms with Crippen LogP contribution in [0.3, 0.4) is 0 Å². The molecule has 2 aromatic rings. The molecule has 2 fully saturated rings. The Morgan fingerprint density at radius 3 is 2.52 bits per heavy atom. The highest BCUT2D eigenvalue weighted by molar-refractivity contribution is 5.91. The van der Waals surface area contributed by atoms with Crippen LogP contribution in [-0.4, -0.2) is 38.7 Å². The summed E-state index contributed by atoms with van der Waals surface area (Å²) in [6.07, 6.45) is 4.15. The number of aromatic nitrogens is 3. The number of hydrogen-bond donors (Lipinski definition) is 1. The maximum Gasteiger partial charge on any atom is 0.231 e. The van der Waals surface area contributed by atoms with Crippen molar-refractivity contribution in [1.82, 2.24) is 19.7 Å². The van der Waals surface area contributed by atoms with Gasteiger partial charge < -0.3 is 4.57 Å². The lowest BCUT2D eigenvalue weighted by Crippen LogP contribution is -2.38. The lowest BCUT2D eigenvalue weighted by atomic mass is 9.95. The van der Waals surface area contributed by atoms with Crippen molar-refractivity contribution in [2.24, 2.45) is 13.0 Å². The first-order valence-electron chi connectivity index (χ1n) is 9.17. The highest BCUT2D eigenvalue weighted by Gasteiger charge is 2.30. The van der Waals surface area contributed by atoms with E-state index in [0.29, 0.717) is 11.9 Å². The third-order valence-corrected chi connectivity index (χ3v) is 5.29. The van der Waals surface area contributed by atoms with Crippen molar-refractivity contribution in [3.8, 4) is 0 Å². The second kappa shape index (κ2) is 6.96.